The first kappa shape index (κ1) is 27.5. The summed E-state index contributed by atoms with van der Waals surface area (Å²) in [5.41, 5.74) is 0. The highest BCUT2D eigenvalue weighted by Crippen LogP contribution is 2.30. The van der Waals surface area contributed by atoms with Gasteiger partial charge in [0.1, 0.15) is 5.78 Å². The number of rotatable bonds is 12. The summed E-state index contributed by atoms with van der Waals surface area (Å²) in [4.78, 5) is 50.8. The summed E-state index contributed by atoms with van der Waals surface area (Å²) in [7, 11) is 0. The average Bonchev–Trinajstić information content (AvgIpc) is 3.10. The molecule has 0 N–H and O–H groups in total. The van der Waals surface area contributed by atoms with Crippen LogP contribution < -0.4 is 5.82 Å². The van der Waals surface area contributed by atoms with Crippen molar-refractivity contribution in [3.63, 3.8) is 0 Å². The van der Waals surface area contributed by atoms with E-state index >= 15 is 0 Å². The average molecular weight is 504 g/mol. The number of hydrogen-bond acceptors (Lipinski definition) is 11. The predicted octanol–water partition coefficient (Wildman–Crippen LogP) is 3.61. The first-order chi connectivity index (χ1) is 15.6. The van der Waals surface area contributed by atoms with Crippen molar-refractivity contribution in [2.75, 3.05) is 32.0 Å². The molecular weight excluding hydrogens is 470 g/mol. The Hall–Kier alpha value is -1.72. The van der Waals surface area contributed by atoms with E-state index in [2.05, 4.69) is 17.5 Å². The number of aryl methyl sites for hydroxylation is 1. The maximum absolute atomic E-state index is 12.8. The van der Waals surface area contributed by atoms with Crippen LogP contribution in [-0.4, -0.2) is 58.7 Å². The zero-order chi connectivity index (χ0) is 24.4. The van der Waals surface area contributed by atoms with E-state index in [4.69, 9.17) is 18.3 Å². The van der Waals surface area contributed by atoms with Crippen molar-refractivity contribution in [1.29, 1.82) is 0 Å². The number of ketones is 1. The number of Topliss-reactive ketones (excluding diaryl/α,β-unsaturated/α-hetero) is 1. The number of thioether (sulfide) groups is 1. The van der Waals surface area contributed by atoms with Crippen molar-refractivity contribution in [1.82, 2.24) is 4.90 Å². The van der Waals surface area contributed by atoms with Gasteiger partial charge in [-0.2, -0.15) is 12.6 Å². The van der Waals surface area contributed by atoms with Crippen molar-refractivity contribution in [3.05, 3.63) is 22.1 Å². The summed E-state index contributed by atoms with van der Waals surface area (Å²) in [5.74, 6) is -1.81. The molecule has 33 heavy (non-hydrogen) atoms. The molecule has 11 heteroatoms. The Kier molecular flexibility index (Phi) is 11.0. The number of hydrogen-bond donors (Lipinski definition) is 1. The van der Waals surface area contributed by atoms with Crippen LogP contribution in [0.4, 0.5) is 4.79 Å². The quantitative estimate of drug-likeness (QED) is 0.257. The minimum atomic E-state index is -1.13. The molecule has 1 aliphatic heterocycles. The van der Waals surface area contributed by atoms with Crippen LogP contribution in [0, 0.1) is 12.8 Å². The fourth-order valence-corrected chi connectivity index (χ4v) is 4.39. The van der Waals surface area contributed by atoms with Gasteiger partial charge < -0.3 is 23.2 Å². The highest BCUT2D eigenvalue weighted by molar-refractivity contribution is 8.15. The Labute approximate surface area is 203 Å². The van der Waals surface area contributed by atoms with E-state index in [-0.39, 0.29) is 36.1 Å². The lowest BCUT2D eigenvalue weighted by molar-refractivity contribution is -0.149. The fourth-order valence-electron chi connectivity index (χ4n) is 3.38. The van der Waals surface area contributed by atoms with Crippen LogP contribution in [0.1, 0.15) is 57.5 Å². The number of nitrogens with zero attached hydrogens (tertiary/aromatic N) is 1. The van der Waals surface area contributed by atoms with E-state index < -0.39 is 27.8 Å². The molecule has 9 nitrogen and oxygen atoms in total. The van der Waals surface area contributed by atoms with E-state index in [9.17, 15) is 19.2 Å². The highest BCUT2D eigenvalue weighted by atomic mass is 32.2. The third-order valence-electron chi connectivity index (χ3n) is 5.46. The van der Waals surface area contributed by atoms with Crippen molar-refractivity contribution in [2.24, 2.45) is 5.92 Å². The lowest BCUT2D eigenvalue weighted by atomic mass is 9.97. The van der Waals surface area contributed by atoms with Crippen molar-refractivity contribution < 1.29 is 32.7 Å². The van der Waals surface area contributed by atoms with Gasteiger partial charge in [-0.1, -0.05) is 6.42 Å². The summed E-state index contributed by atoms with van der Waals surface area (Å²) in [6.45, 7) is 7.79. The third kappa shape index (κ3) is 9.21. The molecule has 0 saturated carbocycles. The lowest BCUT2D eigenvalue weighted by Gasteiger charge is -2.26. The summed E-state index contributed by atoms with van der Waals surface area (Å²) in [5, 5.41) is -0.709. The number of ether oxygens (including phenoxy) is 2. The Morgan fingerprint density at radius 1 is 1.15 bits per heavy atom. The minimum Gasteiger partial charge on any atom is -0.465 e. The highest BCUT2D eigenvalue weighted by Gasteiger charge is 2.35. The van der Waals surface area contributed by atoms with Crippen molar-refractivity contribution >= 4 is 41.4 Å². The third-order valence-corrected chi connectivity index (χ3v) is 6.93. The molecular formula is C22H33NO8S2. The normalized spacial score (nSPS) is 15.8. The molecule has 1 aliphatic rings. The molecule has 0 amide bonds. The van der Waals surface area contributed by atoms with Crippen molar-refractivity contribution in [2.45, 2.75) is 64.2 Å². The molecule has 186 valence electrons. The zero-order valence-corrected chi connectivity index (χ0v) is 21.1. The molecule has 1 aromatic heterocycles. The Balaban J connectivity index is 1.75. The largest absolute Gasteiger partial charge is 0.519 e. The molecule has 1 fully saturated rings. The molecule has 1 atom stereocenters. The van der Waals surface area contributed by atoms with Crippen LogP contribution in [0.25, 0.3) is 0 Å². The molecule has 0 bridgehead atoms. The smallest absolute Gasteiger partial charge is 0.465 e. The summed E-state index contributed by atoms with van der Waals surface area (Å²) in [6, 6.07) is 0. The van der Waals surface area contributed by atoms with Crippen molar-refractivity contribution in [3.8, 4) is 0 Å². The van der Waals surface area contributed by atoms with Gasteiger partial charge in [0.2, 0.25) is 0 Å². The molecule has 1 saturated heterocycles. The number of likely N-dealkylation sites (tertiary alicyclic amines) is 1. The van der Waals surface area contributed by atoms with Gasteiger partial charge in [-0.3, -0.25) is 9.59 Å². The maximum Gasteiger partial charge on any atom is 0.519 e. The number of esters is 1. The number of thiol groups is 1. The second kappa shape index (κ2) is 13.2. The van der Waals surface area contributed by atoms with E-state index in [0.717, 1.165) is 26.1 Å². The van der Waals surface area contributed by atoms with Gasteiger partial charge in [-0.25, -0.2) is 9.59 Å². The monoisotopic (exact) mass is 503 g/mol. The van der Waals surface area contributed by atoms with E-state index in [1.54, 1.807) is 13.8 Å². The van der Waals surface area contributed by atoms with Crippen LogP contribution in [0.15, 0.2) is 13.6 Å². The molecule has 0 radical (unpaired) electrons. The molecule has 1 aromatic rings. The fraction of sp³-hybridized carbons (Fsp3) is 0.727. The molecule has 0 aliphatic carbocycles. The first-order valence-corrected chi connectivity index (χ1v) is 12.6. The van der Waals surface area contributed by atoms with Gasteiger partial charge in [0, 0.05) is 18.7 Å². The van der Waals surface area contributed by atoms with E-state index in [0.29, 0.717) is 18.4 Å². The Bertz CT molecular complexity index is 857. The van der Waals surface area contributed by atoms with Crippen LogP contribution in [0.2, 0.25) is 0 Å². The van der Waals surface area contributed by atoms with Gasteiger partial charge in [0.05, 0.1) is 17.3 Å². The minimum absolute atomic E-state index is 0.0859. The van der Waals surface area contributed by atoms with Gasteiger partial charge in [-0.15, -0.1) is 0 Å². The topological polar surface area (TPSA) is 116 Å². The maximum atomic E-state index is 12.8. The summed E-state index contributed by atoms with van der Waals surface area (Å²) < 4.78 is 18.8. The van der Waals surface area contributed by atoms with Gasteiger partial charge in [0.15, 0.2) is 18.1 Å². The van der Waals surface area contributed by atoms with Gasteiger partial charge >= 0.3 is 17.1 Å². The summed E-state index contributed by atoms with van der Waals surface area (Å²) in [6.07, 6.45) is 4.37. The Morgan fingerprint density at radius 2 is 1.85 bits per heavy atom. The first-order valence-electron chi connectivity index (χ1n) is 11.1. The van der Waals surface area contributed by atoms with Gasteiger partial charge in [0.25, 0.3) is 0 Å². The standard InChI is InChI=1S/C22H33NO8S2/c1-15-17(31-20(26)30-15)13-29-21(27)33-22(2,3)18(24)12-16(14-32)19(25)28-11-7-10-23-8-5-4-6-9-23/h16,32H,4-14H2,1-3H3/t16-/m0/s1. The van der Waals surface area contributed by atoms with Crippen LogP contribution in [-0.2, 0) is 25.7 Å². The molecule has 2 rings (SSSR count). The van der Waals surface area contributed by atoms with E-state index in [1.807, 2.05) is 0 Å². The van der Waals surface area contributed by atoms with Crippen LogP contribution >= 0.6 is 24.4 Å². The zero-order valence-electron chi connectivity index (χ0n) is 19.4. The predicted molar refractivity (Wildman–Crippen MR) is 127 cm³/mol. The van der Waals surface area contributed by atoms with E-state index in [1.165, 1.54) is 26.2 Å². The SMILES string of the molecule is Cc1oc(=O)oc1COC(=O)SC(C)(C)C(=O)C[C@@H](CS)C(=O)OCCCN1CCCCC1. The van der Waals surface area contributed by atoms with Crippen LogP contribution in [0.3, 0.4) is 0 Å². The molecule has 2 heterocycles. The van der Waals surface area contributed by atoms with Gasteiger partial charge in [-0.05, 0) is 64.9 Å². The molecule has 0 aromatic carbocycles. The summed E-state index contributed by atoms with van der Waals surface area (Å²) >= 11 is 4.90. The van der Waals surface area contributed by atoms with Crippen LogP contribution in [0.5, 0.6) is 0 Å². The molecule has 0 spiro atoms. The second-order valence-electron chi connectivity index (χ2n) is 8.51. The lowest BCUT2D eigenvalue weighted by Crippen LogP contribution is -2.34. The number of piperidine rings is 1. The Morgan fingerprint density at radius 3 is 2.45 bits per heavy atom. The number of carbonyl (C=O) groups is 3. The second-order valence-corrected chi connectivity index (χ2v) is 10.4. The molecule has 0 unspecified atom stereocenters. The number of carbonyl (C=O) groups excluding carboxylic acids is 3.